The van der Waals surface area contributed by atoms with Crippen LogP contribution in [0.25, 0.3) is 10.9 Å². The summed E-state index contributed by atoms with van der Waals surface area (Å²) in [5, 5.41) is 3.76. The zero-order valence-corrected chi connectivity index (χ0v) is 20.0. The average Bonchev–Trinajstić information content (AvgIpc) is 3.26. The highest BCUT2D eigenvalue weighted by Crippen LogP contribution is 2.25. The Morgan fingerprint density at radius 1 is 1.03 bits per heavy atom. The fourth-order valence-corrected chi connectivity index (χ4v) is 5.65. The lowest BCUT2D eigenvalue weighted by molar-refractivity contribution is -0.147. The van der Waals surface area contributed by atoms with Crippen molar-refractivity contribution in [2.45, 2.75) is 44.0 Å². The van der Waals surface area contributed by atoms with Gasteiger partial charge in [-0.15, -0.1) is 0 Å². The van der Waals surface area contributed by atoms with Crippen molar-refractivity contribution in [1.29, 1.82) is 0 Å². The van der Waals surface area contributed by atoms with Crippen molar-refractivity contribution in [3.63, 3.8) is 0 Å². The van der Waals surface area contributed by atoms with E-state index in [9.17, 15) is 18.0 Å². The Balaban J connectivity index is 1.32. The summed E-state index contributed by atoms with van der Waals surface area (Å²) in [4.78, 5) is 24.7. The Kier molecular flexibility index (Phi) is 7.33. The molecular weight excluding hydrogens is 454 g/mol. The average molecular weight is 484 g/mol. The fourth-order valence-electron chi connectivity index (χ4n) is 4.10. The molecule has 0 bridgehead atoms. The number of fused-ring (bicyclic) bond motifs is 1. The van der Waals surface area contributed by atoms with Crippen LogP contribution in [-0.4, -0.2) is 48.9 Å². The highest BCUT2D eigenvalue weighted by Gasteiger charge is 2.26. The summed E-state index contributed by atoms with van der Waals surface area (Å²) >= 11 is 0. The Hall–Kier alpha value is -3.17. The van der Waals surface area contributed by atoms with Gasteiger partial charge in [0.25, 0.3) is 5.91 Å². The first-order valence-corrected chi connectivity index (χ1v) is 12.9. The van der Waals surface area contributed by atoms with E-state index in [-0.39, 0.29) is 11.3 Å². The standard InChI is InChI=1S/C25H29N3O5S/c1-19-9-10-21(34(31,32)28-13-5-2-6-14-28)17-22(19)26-24(29)18-33-25(30)12-16-27-15-11-20-7-3-4-8-23(20)27/h3-4,7-11,15,17H,2,5-6,12-14,16,18H2,1H3,(H,26,29). The molecule has 0 atom stereocenters. The molecule has 1 fully saturated rings. The molecule has 1 aliphatic heterocycles. The van der Waals surface area contributed by atoms with Crippen LogP contribution in [0.1, 0.15) is 31.2 Å². The number of aryl methyl sites for hydroxylation is 2. The van der Waals surface area contributed by atoms with Crippen molar-refractivity contribution < 1.29 is 22.7 Å². The van der Waals surface area contributed by atoms with Gasteiger partial charge in [0.05, 0.1) is 11.3 Å². The van der Waals surface area contributed by atoms with Crippen molar-refractivity contribution >= 4 is 38.5 Å². The van der Waals surface area contributed by atoms with Crippen molar-refractivity contribution in [2.75, 3.05) is 25.0 Å². The van der Waals surface area contributed by atoms with E-state index in [1.807, 2.05) is 41.1 Å². The largest absolute Gasteiger partial charge is 0.456 e. The highest BCUT2D eigenvalue weighted by molar-refractivity contribution is 7.89. The van der Waals surface area contributed by atoms with E-state index in [0.717, 1.165) is 35.7 Å². The molecule has 1 saturated heterocycles. The van der Waals surface area contributed by atoms with Crippen molar-refractivity contribution in [2.24, 2.45) is 0 Å². The highest BCUT2D eigenvalue weighted by atomic mass is 32.2. The number of aromatic nitrogens is 1. The SMILES string of the molecule is Cc1ccc(S(=O)(=O)N2CCCCC2)cc1NC(=O)COC(=O)CCn1ccc2ccccc21. The van der Waals surface area contributed by atoms with Crippen LogP contribution in [-0.2, 0) is 30.9 Å². The van der Waals surface area contributed by atoms with Gasteiger partial charge in [-0.05, 0) is 55.0 Å². The number of anilines is 1. The Bertz CT molecular complexity index is 1290. The number of hydrogen-bond acceptors (Lipinski definition) is 5. The molecule has 1 aliphatic rings. The Morgan fingerprint density at radius 3 is 2.59 bits per heavy atom. The van der Waals surface area contributed by atoms with Gasteiger partial charge in [-0.25, -0.2) is 8.42 Å². The van der Waals surface area contributed by atoms with Crippen molar-refractivity contribution in [3.05, 3.63) is 60.3 Å². The molecule has 34 heavy (non-hydrogen) atoms. The number of piperidine rings is 1. The summed E-state index contributed by atoms with van der Waals surface area (Å²) in [5.74, 6) is -0.999. The number of para-hydroxylation sites is 1. The molecule has 2 heterocycles. The Morgan fingerprint density at radius 2 is 1.79 bits per heavy atom. The van der Waals surface area contributed by atoms with Crippen LogP contribution >= 0.6 is 0 Å². The van der Waals surface area contributed by atoms with E-state index in [1.54, 1.807) is 19.1 Å². The van der Waals surface area contributed by atoms with Crippen LogP contribution in [0, 0.1) is 6.92 Å². The predicted octanol–water partition coefficient (Wildman–Crippen LogP) is 3.70. The number of benzene rings is 2. The minimum Gasteiger partial charge on any atom is -0.456 e. The number of rotatable bonds is 8. The summed E-state index contributed by atoms with van der Waals surface area (Å²) < 4.78 is 34.5. The van der Waals surface area contributed by atoms with E-state index >= 15 is 0 Å². The molecule has 180 valence electrons. The van der Waals surface area contributed by atoms with Gasteiger partial charge >= 0.3 is 5.97 Å². The molecular formula is C25H29N3O5S. The zero-order chi connectivity index (χ0) is 24.1. The van der Waals surface area contributed by atoms with Crippen LogP contribution in [0.15, 0.2) is 59.6 Å². The number of nitrogens with one attached hydrogen (secondary N) is 1. The molecule has 0 spiro atoms. The third kappa shape index (κ3) is 5.48. The van der Waals surface area contributed by atoms with Gasteiger partial charge in [0, 0.05) is 37.0 Å². The van der Waals surface area contributed by atoms with E-state index in [4.69, 9.17) is 4.74 Å². The van der Waals surface area contributed by atoms with Crippen molar-refractivity contribution in [3.8, 4) is 0 Å². The monoisotopic (exact) mass is 483 g/mol. The Labute approximate surface area is 199 Å². The number of amides is 1. The number of sulfonamides is 1. The lowest BCUT2D eigenvalue weighted by atomic mass is 10.2. The second kappa shape index (κ2) is 10.4. The molecule has 4 rings (SSSR count). The maximum absolute atomic E-state index is 12.9. The minimum absolute atomic E-state index is 0.133. The topological polar surface area (TPSA) is 97.7 Å². The minimum atomic E-state index is -3.61. The molecule has 1 N–H and O–H groups in total. The zero-order valence-electron chi connectivity index (χ0n) is 19.2. The number of ether oxygens (including phenoxy) is 1. The molecule has 8 nitrogen and oxygen atoms in total. The first kappa shape index (κ1) is 24.0. The number of esters is 1. The maximum Gasteiger partial charge on any atom is 0.308 e. The summed E-state index contributed by atoms with van der Waals surface area (Å²) in [6.45, 7) is 2.80. The number of nitrogens with zero attached hydrogens (tertiary/aromatic N) is 2. The fraction of sp³-hybridized carbons (Fsp3) is 0.360. The molecule has 1 aromatic heterocycles. The van der Waals surface area contributed by atoms with Gasteiger partial charge in [-0.3, -0.25) is 9.59 Å². The first-order valence-electron chi connectivity index (χ1n) is 11.4. The van der Waals surface area contributed by atoms with E-state index in [2.05, 4.69) is 5.32 Å². The molecule has 2 aromatic carbocycles. The third-order valence-electron chi connectivity index (χ3n) is 6.04. The molecule has 3 aromatic rings. The van der Waals surface area contributed by atoms with E-state index in [1.165, 1.54) is 10.4 Å². The molecule has 0 radical (unpaired) electrons. The second-order valence-electron chi connectivity index (χ2n) is 8.47. The lowest BCUT2D eigenvalue weighted by Crippen LogP contribution is -2.35. The van der Waals surface area contributed by atoms with Gasteiger partial charge < -0.3 is 14.6 Å². The van der Waals surface area contributed by atoms with Gasteiger partial charge in [-0.2, -0.15) is 4.31 Å². The number of carbonyl (C=O) groups excluding carboxylic acids is 2. The normalized spacial score (nSPS) is 14.7. The van der Waals surface area contributed by atoms with Crippen LogP contribution in [0.2, 0.25) is 0 Å². The summed E-state index contributed by atoms with van der Waals surface area (Å²) in [6, 6.07) is 14.6. The van der Waals surface area contributed by atoms with Crippen molar-refractivity contribution in [1.82, 2.24) is 8.87 Å². The first-order chi connectivity index (χ1) is 16.3. The molecule has 0 aliphatic carbocycles. The van der Waals surface area contributed by atoms with E-state index < -0.39 is 28.5 Å². The number of carbonyl (C=O) groups is 2. The quantitative estimate of drug-likeness (QED) is 0.493. The van der Waals surface area contributed by atoms with E-state index in [0.29, 0.717) is 25.3 Å². The molecule has 9 heteroatoms. The van der Waals surface area contributed by atoms with Crippen LogP contribution in [0.4, 0.5) is 5.69 Å². The van der Waals surface area contributed by atoms with Crippen LogP contribution < -0.4 is 5.32 Å². The number of hydrogen-bond donors (Lipinski definition) is 1. The summed E-state index contributed by atoms with van der Waals surface area (Å²) in [6.07, 6.45) is 4.77. The lowest BCUT2D eigenvalue weighted by Gasteiger charge is -2.26. The molecule has 0 saturated carbocycles. The van der Waals surface area contributed by atoms with Crippen LogP contribution in [0.5, 0.6) is 0 Å². The third-order valence-corrected chi connectivity index (χ3v) is 7.93. The molecule has 1 amide bonds. The van der Waals surface area contributed by atoms with Gasteiger partial charge in [0.1, 0.15) is 0 Å². The van der Waals surface area contributed by atoms with Crippen LogP contribution in [0.3, 0.4) is 0 Å². The van der Waals surface area contributed by atoms with Gasteiger partial charge in [-0.1, -0.05) is 30.7 Å². The second-order valence-corrected chi connectivity index (χ2v) is 10.4. The maximum atomic E-state index is 12.9. The van der Waals surface area contributed by atoms with Gasteiger partial charge in [0.15, 0.2) is 6.61 Å². The summed E-state index contributed by atoms with van der Waals surface area (Å²) in [5.41, 5.74) is 2.14. The smallest absolute Gasteiger partial charge is 0.308 e. The van der Waals surface area contributed by atoms with Gasteiger partial charge in [0.2, 0.25) is 10.0 Å². The predicted molar refractivity (Wildman–Crippen MR) is 130 cm³/mol. The molecule has 0 unspecified atom stereocenters. The summed E-state index contributed by atoms with van der Waals surface area (Å²) in [7, 11) is -3.61.